The minimum absolute atomic E-state index is 0.232. The van der Waals surface area contributed by atoms with Crippen LogP contribution in [0.3, 0.4) is 0 Å². The number of thiazole rings is 1. The van der Waals surface area contributed by atoms with Crippen LogP contribution in [0, 0.1) is 11.2 Å². The second-order valence-electron chi connectivity index (χ2n) is 8.45. The molecule has 3 aromatic rings. The van der Waals surface area contributed by atoms with Gasteiger partial charge in [0.15, 0.2) is 5.16 Å². The van der Waals surface area contributed by atoms with Crippen molar-refractivity contribution in [2.75, 3.05) is 11.6 Å². The Morgan fingerprint density at radius 1 is 1.29 bits per heavy atom. The first-order chi connectivity index (χ1) is 14.7. The van der Waals surface area contributed by atoms with Gasteiger partial charge in [0.2, 0.25) is 5.91 Å². The van der Waals surface area contributed by atoms with Crippen molar-refractivity contribution in [3.8, 4) is 21.8 Å². The molecule has 0 radical (unpaired) electrons. The first kappa shape index (κ1) is 22.2. The van der Waals surface area contributed by atoms with E-state index < -0.39 is 11.2 Å². The first-order valence-corrected chi connectivity index (χ1v) is 12.3. The van der Waals surface area contributed by atoms with E-state index in [9.17, 15) is 9.18 Å². The lowest BCUT2D eigenvalue weighted by atomic mass is 9.95. The zero-order valence-electron chi connectivity index (χ0n) is 17.6. The number of anilines is 1. The average molecular weight is 477 g/mol. The number of aromatic nitrogens is 3. The molecule has 1 N–H and O–H groups in total. The molecule has 4 rings (SSSR count). The molecule has 162 valence electrons. The van der Waals surface area contributed by atoms with Crippen LogP contribution in [0.4, 0.5) is 10.1 Å². The molecule has 0 bridgehead atoms. The Morgan fingerprint density at radius 2 is 2.03 bits per heavy atom. The van der Waals surface area contributed by atoms with E-state index in [1.807, 2.05) is 12.3 Å². The van der Waals surface area contributed by atoms with Crippen molar-refractivity contribution < 1.29 is 9.18 Å². The van der Waals surface area contributed by atoms with Gasteiger partial charge in [-0.15, -0.1) is 11.3 Å². The lowest BCUT2D eigenvalue weighted by molar-refractivity contribution is -0.123. The maximum absolute atomic E-state index is 14.6. The molecule has 1 fully saturated rings. The highest BCUT2D eigenvalue weighted by atomic mass is 35.5. The number of carbonyl (C=O) groups is 1. The zero-order chi connectivity index (χ0) is 22.3. The summed E-state index contributed by atoms with van der Waals surface area (Å²) in [7, 11) is 0. The Hall–Kier alpha value is -2.03. The number of thioether (sulfide) groups is 1. The molecule has 2 heterocycles. The third-order valence-corrected chi connectivity index (χ3v) is 7.05. The van der Waals surface area contributed by atoms with Crippen LogP contribution in [0.5, 0.6) is 0 Å². The molecule has 31 heavy (non-hydrogen) atoms. The molecule has 1 saturated carbocycles. The van der Waals surface area contributed by atoms with Gasteiger partial charge >= 0.3 is 0 Å². The molecule has 0 atom stereocenters. The van der Waals surface area contributed by atoms with E-state index in [1.54, 1.807) is 38.3 Å². The van der Waals surface area contributed by atoms with Crippen LogP contribution in [0.15, 0.2) is 29.6 Å². The summed E-state index contributed by atoms with van der Waals surface area (Å²) in [6.07, 6.45) is 5.80. The van der Waals surface area contributed by atoms with Gasteiger partial charge in [0.1, 0.15) is 5.82 Å². The summed E-state index contributed by atoms with van der Waals surface area (Å²) in [5.74, 6) is -0.321. The van der Waals surface area contributed by atoms with E-state index in [-0.39, 0.29) is 16.6 Å². The largest absolute Gasteiger partial charge is 0.324 e. The van der Waals surface area contributed by atoms with Crippen LogP contribution in [-0.2, 0) is 4.79 Å². The van der Waals surface area contributed by atoms with Crippen LogP contribution in [0.2, 0.25) is 5.02 Å². The predicted molar refractivity (Wildman–Crippen MR) is 125 cm³/mol. The monoisotopic (exact) mass is 476 g/mol. The van der Waals surface area contributed by atoms with Crippen LogP contribution in [0.1, 0.15) is 44.5 Å². The van der Waals surface area contributed by atoms with E-state index in [1.165, 1.54) is 23.9 Å². The van der Waals surface area contributed by atoms with E-state index in [0.717, 1.165) is 28.4 Å². The Morgan fingerprint density at radius 3 is 2.68 bits per heavy atom. The maximum Gasteiger partial charge on any atom is 0.229 e. The fraction of sp³-hybridized carbons (Fsp3) is 0.364. The maximum atomic E-state index is 14.6. The summed E-state index contributed by atoms with van der Waals surface area (Å²) in [6, 6.07) is 4.42. The number of nitrogens with zero attached hydrogens (tertiary/aromatic N) is 3. The fourth-order valence-corrected chi connectivity index (χ4v) is 4.75. The van der Waals surface area contributed by atoms with Crippen molar-refractivity contribution in [1.29, 1.82) is 0 Å². The van der Waals surface area contributed by atoms with E-state index in [2.05, 4.69) is 15.3 Å². The minimum atomic E-state index is -0.643. The minimum Gasteiger partial charge on any atom is -0.324 e. The molecule has 0 saturated heterocycles. The van der Waals surface area contributed by atoms with Crippen molar-refractivity contribution in [3.05, 3.63) is 40.2 Å². The molecule has 1 aliphatic carbocycles. The molecule has 0 aliphatic heterocycles. The number of halogens is 2. The van der Waals surface area contributed by atoms with Crippen molar-refractivity contribution in [2.24, 2.45) is 5.41 Å². The highest BCUT2D eigenvalue weighted by molar-refractivity contribution is 7.98. The van der Waals surface area contributed by atoms with Gasteiger partial charge in [-0.05, 0) is 37.3 Å². The van der Waals surface area contributed by atoms with Crippen molar-refractivity contribution in [1.82, 2.24) is 15.0 Å². The van der Waals surface area contributed by atoms with Gasteiger partial charge in [-0.3, -0.25) is 4.79 Å². The topological polar surface area (TPSA) is 67.8 Å². The summed E-state index contributed by atoms with van der Waals surface area (Å²) in [5.41, 5.74) is 1.33. The Bertz CT molecular complexity index is 1150. The fourth-order valence-electron chi connectivity index (χ4n) is 2.93. The van der Waals surface area contributed by atoms with Gasteiger partial charge in [0, 0.05) is 23.1 Å². The first-order valence-electron chi connectivity index (χ1n) is 9.86. The van der Waals surface area contributed by atoms with Gasteiger partial charge in [-0.2, -0.15) is 0 Å². The molecular weight excluding hydrogens is 455 g/mol. The molecule has 1 aromatic carbocycles. The Labute approximate surface area is 193 Å². The number of carbonyl (C=O) groups excluding carboxylic acids is 1. The molecule has 1 amide bonds. The third kappa shape index (κ3) is 4.76. The number of hydrogen-bond acceptors (Lipinski definition) is 6. The lowest BCUT2D eigenvalue weighted by Crippen LogP contribution is -2.27. The smallest absolute Gasteiger partial charge is 0.229 e. The normalized spacial score (nSPS) is 14.0. The summed E-state index contributed by atoms with van der Waals surface area (Å²) in [5, 5.41) is 4.65. The van der Waals surface area contributed by atoms with Gasteiger partial charge in [0.25, 0.3) is 0 Å². The second-order valence-corrected chi connectivity index (χ2v) is 10.6. The van der Waals surface area contributed by atoms with E-state index in [0.29, 0.717) is 22.3 Å². The van der Waals surface area contributed by atoms with E-state index in [4.69, 9.17) is 16.6 Å². The molecule has 0 unspecified atom stereocenters. The summed E-state index contributed by atoms with van der Waals surface area (Å²) < 4.78 is 14.6. The quantitative estimate of drug-likeness (QED) is 0.330. The van der Waals surface area contributed by atoms with Crippen molar-refractivity contribution >= 4 is 46.3 Å². The summed E-state index contributed by atoms with van der Waals surface area (Å²) >= 11 is 9.69. The Kier molecular flexibility index (Phi) is 6.07. The lowest BCUT2D eigenvalue weighted by Gasteiger charge is -2.19. The highest BCUT2D eigenvalue weighted by Crippen LogP contribution is 2.48. The van der Waals surface area contributed by atoms with Gasteiger partial charge in [-0.1, -0.05) is 44.1 Å². The zero-order valence-corrected chi connectivity index (χ0v) is 20.0. The number of benzene rings is 1. The molecule has 5 nitrogen and oxygen atoms in total. The van der Waals surface area contributed by atoms with Crippen molar-refractivity contribution in [3.63, 3.8) is 0 Å². The SMILES string of the molecule is CSc1nccc(-c2sc(C3CC3)nc2-c2cc(F)cc(NC(=O)C(C)(C)C)c2Cl)n1. The molecule has 9 heteroatoms. The number of amides is 1. The van der Waals surface area contributed by atoms with Gasteiger partial charge in [-0.25, -0.2) is 19.3 Å². The van der Waals surface area contributed by atoms with Crippen LogP contribution in [0.25, 0.3) is 21.8 Å². The second kappa shape index (κ2) is 8.48. The summed E-state index contributed by atoms with van der Waals surface area (Å²) in [6.45, 7) is 5.36. The number of rotatable bonds is 5. The predicted octanol–water partition coefficient (Wildman–Crippen LogP) is 6.64. The van der Waals surface area contributed by atoms with Gasteiger partial charge < -0.3 is 5.32 Å². The Balaban J connectivity index is 1.85. The van der Waals surface area contributed by atoms with Crippen LogP contribution in [-0.4, -0.2) is 27.1 Å². The molecule has 0 spiro atoms. The number of hydrogen-bond donors (Lipinski definition) is 1. The highest BCUT2D eigenvalue weighted by Gasteiger charge is 2.31. The van der Waals surface area contributed by atoms with Crippen molar-refractivity contribution in [2.45, 2.75) is 44.7 Å². The molecule has 2 aromatic heterocycles. The van der Waals surface area contributed by atoms with Gasteiger partial charge in [0.05, 0.1) is 32.0 Å². The molecular formula is C22H22ClFN4OS2. The van der Waals surface area contributed by atoms with E-state index >= 15 is 0 Å². The number of nitrogens with one attached hydrogen (secondary N) is 1. The van der Waals surface area contributed by atoms with Crippen LogP contribution < -0.4 is 5.32 Å². The third-order valence-electron chi connectivity index (χ3n) is 4.84. The standard InChI is InChI=1S/C22H22ClFN4OS2/c1-22(2,3)20(29)26-15-10-12(24)9-13(16(15)23)17-18(31-19(28-17)11-5-6-11)14-7-8-25-21(27-14)30-4/h7-11H,5-6H2,1-4H3,(H,26,29). The summed E-state index contributed by atoms with van der Waals surface area (Å²) in [4.78, 5) is 27.0. The average Bonchev–Trinajstić information content (AvgIpc) is 3.48. The molecule has 1 aliphatic rings. The van der Waals surface area contributed by atoms with Crippen LogP contribution >= 0.6 is 34.7 Å².